The second-order valence-electron chi connectivity index (χ2n) is 6.84. The first-order valence-electron chi connectivity index (χ1n) is 9.22. The molecule has 1 aromatic carbocycles. The molecule has 0 saturated heterocycles. The number of carbonyl (C=O) groups is 1. The summed E-state index contributed by atoms with van der Waals surface area (Å²) in [6.07, 6.45) is 5.25. The van der Waals surface area contributed by atoms with Gasteiger partial charge in [0, 0.05) is 38.7 Å². The average molecular weight is 376 g/mol. The summed E-state index contributed by atoms with van der Waals surface area (Å²) < 4.78 is 7.38. The number of aromatic nitrogens is 1. The highest BCUT2D eigenvalue weighted by molar-refractivity contribution is 5.98. The molecule has 0 saturated carbocycles. The Balaban J connectivity index is 1.60. The van der Waals surface area contributed by atoms with E-state index in [2.05, 4.69) is 40.6 Å². The van der Waals surface area contributed by atoms with Crippen molar-refractivity contribution in [3.05, 3.63) is 71.2 Å². The topological polar surface area (TPSA) is 74.2 Å². The number of rotatable bonds is 7. The van der Waals surface area contributed by atoms with E-state index in [0.717, 1.165) is 18.5 Å². The largest absolute Gasteiger partial charge is 0.443 e. The van der Waals surface area contributed by atoms with Crippen LogP contribution in [0.25, 0.3) is 5.88 Å². The van der Waals surface area contributed by atoms with Crippen LogP contribution in [0.2, 0.25) is 0 Å². The Kier molecular flexibility index (Phi) is 5.85. The molecule has 1 N–H and O–H groups in total. The van der Waals surface area contributed by atoms with Gasteiger partial charge in [0.05, 0.1) is 0 Å². The summed E-state index contributed by atoms with van der Waals surface area (Å²) in [7, 11) is 4.03. The van der Waals surface area contributed by atoms with Crippen molar-refractivity contribution in [3.63, 3.8) is 0 Å². The van der Waals surface area contributed by atoms with Crippen molar-refractivity contribution in [2.45, 2.75) is 19.8 Å². The first-order chi connectivity index (χ1) is 13.5. The molecule has 0 spiro atoms. The lowest BCUT2D eigenvalue weighted by atomic mass is 10.1. The van der Waals surface area contributed by atoms with E-state index in [1.54, 1.807) is 23.9 Å². The Bertz CT molecular complexity index is 977. The van der Waals surface area contributed by atoms with Crippen LogP contribution < -0.4 is 10.2 Å². The predicted molar refractivity (Wildman–Crippen MR) is 109 cm³/mol. The van der Waals surface area contributed by atoms with E-state index < -0.39 is 0 Å². The van der Waals surface area contributed by atoms with Crippen LogP contribution >= 0.6 is 0 Å². The van der Waals surface area contributed by atoms with Crippen molar-refractivity contribution in [1.29, 1.82) is 5.26 Å². The van der Waals surface area contributed by atoms with Crippen molar-refractivity contribution in [3.8, 4) is 12.0 Å². The number of carbonyl (C=O) groups excluding carboxylic acids is 1. The molecule has 144 valence electrons. The molecule has 0 aliphatic heterocycles. The first-order valence-corrected chi connectivity index (χ1v) is 9.22. The lowest BCUT2D eigenvalue weighted by molar-refractivity contribution is 0.0951. The Morgan fingerprint density at radius 3 is 2.50 bits per heavy atom. The van der Waals surface area contributed by atoms with Gasteiger partial charge in [-0.05, 0) is 49.6 Å². The van der Waals surface area contributed by atoms with Gasteiger partial charge in [0.2, 0.25) is 5.88 Å². The quantitative estimate of drug-likeness (QED) is 0.639. The van der Waals surface area contributed by atoms with Crippen molar-refractivity contribution < 1.29 is 9.21 Å². The number of nitrogens with one attached hydrogen (secondary N) is 1. The molecule has 2 heterocycles. The minimum Gasteiger partial charge on any atom is -0.443 e. The smallest absolute Gasteiger partial charge is 0.256 e. The Morgan fingerprint density at radius 2 is 1.89 bits per heavy atom. The van der Waals surface area contributed by atoms with Crippen LogP contribution in [0.4, 0.5) is 5.69 Å². The molecule has 2 aromatic heterocycles. The van der Waals surface area contributed by atoms with Crippen molar-refractivity contribution in [2.24, 2.45) is 0 Å². The third-order valence-electron chi connectivity index (χ3n) is 4.62. The third kappa shape index (κ3) is 4.09. The molecule has 0 aliphatic carbocycles. The monoisotopic (exact) mass is 376 g/mol. The second kappa shape index (κ2) is 8.49. The van der Waals surface area contributed by atoms with E-state index in [0.29, 0.717) is 23.8 Å². The number of hydrogen-bond acceptors (Lipinski definition) is 4. The fraction of sp³-hybridized carbons (Fsp3) is 0.273. The molecule has 0 radical (unpaired) electrons. The van der Waals surface area contributed by atoms with E-state index in [1.807, 2.05) is 26.2 Å². The van der Waals surface area contributed by atoms with Crippen molar-refractivity contribution >= 4 is 11.6 Å². The van der Waals surface area contributed by atoms with Gasteiger partial charge in [-0.15, -0.1) is 0 Å². The van der Waals surface area contributed by atoms with Gasteiger partial charge in [-0.1, -0.05) is 12.1 Å². The number of nitrogens with zero attached hydrogens (tertiary/aromatic N) is 3. The number of benzene rings is 1. The Morgan fingerprint density at radius 1 is 1.21 bits per heavy atom. The van der Waals surface area contributed by atoms with Gasteiger partial charge in [-0.2, -0.15) is 5.26 Å². The Labute approximate surface area is 165 Å². The first kappa shape index (κ1) is 19.3. The van der Waals surface area contributed by atoms with Gasteiger partial charge in [-0.25, -0.2) is 0 Å². The number of hydrogen-bond donors (Lipinski definition) is 1. The zero-order valence-corrected chi connectivity index (χ0v) is 16.4. The number of furan rings is 1. The van der Waals surface area contributed by atoms with E-state index >= 15 is 0 Å². The van der Waals surface area contributed by atoms with Gasteiger partial charge in [0.25, 0.3) is 5.91 Å². The summed E-state index contributed by atoms with van der Waals surface area (Å²) in [5.41, 5.74) is 2.95. The highest BCUT2D eigenvalue weighted by atomic mass is 16.4. The maximum absolute atomic E-state index is 12.6. The third-order valence-corrected chi connectivity index (χ3v) is 4.62. The average Bonchev–Trinajstić information content (AvgIpc) is 3.32. The zero-order valence-electron chi connectivity index (χ0n) is 16.4. The number of anilines is 1. The van der Waals surface area contributed by atoms with Crippen LogP contribution in [0, 0.1) is 18.3 Å². The molecule has 28 heavy (non-hydrogen) atoms. The van der Waals surface area contributed by atoms with Gasteiger partial charge in [0.15, 0.2) is 0 Å². The maximum atomic E-state index is 12.6. The molecule has 0 bridgehead atoms. The molecule has 1 amide bonds. The van der Waals surface area contributed by atoms with Crippen molar-refractivity contribution in [2.75, 3.05) is 25.5 Å². The summed E-state index contributed by atoms with van der Waals surface area (Å²) >= 11 is 0. The van der Waals surface area contributed by atoms with Crippen LogP contribution in [0.5, 0.6) is 0 Å². The molecular formula is C22H24N4O2. The lowest BCUT2D eigenvalue weighted by Crippen LogP contribution is -2.25. The molecular weight excluding hydrogens is 352 g/mol. The molecule has 3 aromatic rings. The maximum Gasteiger partial charge on any atom is 0.256 e. The highest BCUT2D eigenvalue weighted by Gasteiger charge is 2.24. The van der Waals surface area contributed by atoms with E-state index in [-0.39, 0.29) is 11.5 Å². The SMILES string of the molecule is Cc1oc(-n2cccc2)c(C#N)c1C(=O)NCCCc1ccc(N(C)C)cc1. The van der Waals surface area contributed by atoms with E-state index in [9.17, 15) is 10.1 Å². The lowest BCUT2D eigenvalue weighted by Gasteiger charge is -2.12. The van der Waals surface area contributed by atoms with Crippen molar-refractivity contribution in [1.82, 2.24) is 9.88 Å². The summed E-state index contributed by atoms with van der Waals surface area (Å²) in [5.74, 6) is 0.535. The van der Waals surface area contributed by atoms with Crippen LogP contribution in [0.1, 0.15) is 33.7 Å². The standard InChI is InChI=1S/C22H24N4O2/c1-16-20(19(15-23)22(28-16)26-13-4-5-14-26)21(27)24-12-6-7-17-8-10-18(11-9-17)25(2)3/h4-5,8-11,13-14H,6-7,12H2,1-3H3,(H,24,27). The summed E-state index contributed by atoms with van der Waals surface area (Å²) in [4.78, 5) is 14.7. The second-order valence-corrected chi connectivity index (χ2v) is 6.84. The van der Waals surface area contributed by atoms with Crippen LogP contribution in [0.15, 0.2) is 53.2 Å². The minimum atomic E-state index is -0.279. The molecule has 0 fully saturated rings. The molecule has 0 unspecified atom stereocenters. The molecule has 0 atom stereocenters. The highest BCUT2D eigenvalue weighted by Crippen LogP contribution is 2.25. The summed E-state index contributed by atoms with van der Waals surface area (Å²) in [6.45, 7) is 2.23. The van der Waals surface area contributed by atoms with Gasteiger partial charge in [-0.3, -0.25) is 9.36 Å². The molecule has 3 rings (SSSR count). The molecule has 6 nitrogen and oxygen atoms in total. The van der Waals surface area contributed by atoms with E-state index in [4.69, 9.17) is 4.42 Å². The Hall–Kier alpha value is -3.46. The molecule has 6 heteroatoms. The van der Waals surface area contributed by atoms with Crippen LogP contribution in [-0.2, 0) is 6.42 Å². The van der Waals surface area contributed by atoms with Crippen LogP contribution in [-0.4, -0.2) is 31.1 Å². The number of nitriles is 1. The number of aryl methyl sites for hydroxylation is 2. The predicted octanol–water partition coefficient (Wildman–Crippen LogP) is 3.68. The zero-order chi connectivity index (χ0) is 20.1. The normalized spacial score (nSPS) is 10.5. The van der Waals surface area contributed by atoms with Gasteiger partial charge < -0.3 is 14.6 Å². The van der Waals surface area contributed by atoms with Crippen LogP contribution in [0.3, 0.4) is 0 Å². The molecule has 0 aliphatic rings. The fourth-order valence-electron chi connectivity index (χ4n) is 3.10. The van der Waals surface area contributed by atoms with Gasteiger partial charge >= 0.3 is 0 Å². The van der Waals surface area contributed by atoms with E-state index in [1.165, 1.54) is 5.56 Å². The summed E-state index contributed by atoms with van der Waals surface area (Å²) in [6, 6.07) is 14.2. The minimum absolute atomic E-state index is 0.255. The summed E-state index contributed by atoms with van der Waals surface area (Å²) in [5, 5.41) is 12.4. The fourth-order valence-corrected chi connectivity index (χ4v) is 3.10. The van der Waals surface area contributed by atoms with Gasteiger partial charge in [0.1, 0.15) is 23.0 Å². The number of amides is 1.